The van der Waals surface area contributed by atoms with E-state index in [1.807, 2.05) is 26.8 Å². The van der Waals surface area contributed by atoms with Crippen molar-refractivity contribution in [1.29, 1.82) is 0 Å². The molecule has 7 nitrogen and oxygen atoms in total. The van der Waals surface area contributed by atoms with Crippen molar-refractivity contribution in [2.24, 2.45) is 0 Å². The zero-order valence-electron chi connectivity index (χ0n) is 20.8. The number of hydrogen-bond donors (Lipinski definition) is 1. The molecular weight excluding hydrogens is 440 g/mol. The summed E-state index contributed by atoms with van der Waals surface area (Å²) in [4.78, 5) is 13.1. The van der Waals surface area contributed by atoms with Gasteiger partial charge in [0.05, 0.1) is 31.7 Å². The first-order chi connectivity index (χ1) is 15.4. The Morgan fingerprint density at radius 3 is 2.15 bits per heavy atom. The van der Waals surface area contributed by atoms with Crippen molar-refractivity contribution in [2.75, 3.05) is 24.3 Å². The van der Waals surface area contributed by atoms with Gasteiger partial charge in [-0.25, -0.2) is 8.42 Å². The van der Waals surface area contributed by atoms with Gasteiger partial charge in [-0.05, 0) is 86.7 Å². The smallest absolute Gasteiger partial charge is 0.244 e. The van der Waals surface area contributed by atoms with Gasteiger partial charge in [0.2, 0.25) is 15.9 Å². The Bertz CT molecular complexity index is 1060. The van der Waals surface area contributed by atoms with Gasteiger partial charge in [0.1, 0.15) is 17.5 Å². The SMILES string of the molecule is CCOc1ccc(N([C@@H](C)C(=O)N[C@H](C)c2cc(C(C)C)c(OC)cc2C)S(C)(=O)=O)cc1. The molecule has 2 aromatic rings. The van der Waals surface area contributed by atoms with Crippen LogP contribution >= 0.6 is 0 Å². The van der Waals surface area contributed by atoms with E-state index in [2.05, 4.69) is 25.2 Å². The molecule has 1 amide bonds. The summed E-state index contributed by atoms with van der Waals surface area (Å²) >= 11 is 0. The summed E-state index contributed by atoms with van der Waals surface area (Å²) in [6.45, 7) is 12.0. The molecule has 0 spiro atoms. The number of amides is 1. The number of anilines is 1. The number of hydrogen-bond acceptors (Lipinski definition) is 5. The summed E-state index contributed by atoms with van der Waals surface area (Å²) in [5.41, 5.74) is 3.41. The van der Waals surface area contributed by atoms with Crippen LogP contribution in [0, 0.1) is 6.92 Å². The average Bonchev–Trinajstić information content (AvgIpc) is 2.73. The number of nitrogens with one attached hydrogen (secondary N) is 1. The third kappa shape index (κ3) is 6.41. The number of carbonyl (C=O) groups excluding carboxylic acids is 1. The van der Waals surface area contributed by atoms with Gasteiger partial charge in [0.25, 0.3) is 0 Å². The maximum atomic E-state index is 13.1. The second kappa shape index (κ2) is 10.9. The fourth-order valence-corrected chi connectivity index (χ4v) is 5.06. The lowest BCUT2D eigenvalue weighted by molar-refractivity contribution is -0.122. The number of nitrogens with zero attached hydrogens (tertiary/aromatic N) is 1. The minimum Gasteiger partial charge on any atom is -0.496 e. The fraction of sp³-hybridized carbons (Fsp3) is 0.480. The Morgan fingerprint density at radius 2 is 1.67 bits per heavy atom. The van der Waals surface area contributed by atoms with E-state index in [-0.39, 0.29) is 17.9 Å². The third-order valence-corrected chi connectivity index (χ3v) is 6.80. The Kier molecular flexibility index (Phi) is 8.77. The normalized spacial score (nSPS) is 13.4. The number of benzene rings is 2. The first kappa shape index (κ1) is 26.5. The van der Waals surface area contributed by atoms with Crippen molar-refractivity contribution in [2.45, 2.75) is 59.5 Å². The molecule has 0 saturated carbocycles. The minimum absolute atomic E-state index is 0.251. The van der Waals surface area contributed by atoms with Crippen LogP contribution in [0.3, 0.4) is 0 Å². The van der Waals surface area contributed by atoms with Crippen LogP contribution in [-0.2, 0) is 14.8 Å². The standard InChI is InChI=1S/C25H36N2O5S/c1-9-32-21-12-10-20(11-13-21)27(33(8,29)30)19(6)25(28)26-18(5)23-15-22(16(2)3)24(31-7)14-17(23)4/h10-16,18-19H,9H2,1-8H3,(H,26,28)/t18-,19+/m1/s1. The van der Waals surface area contributed by atoms with Crippen LogP contribution < -0.4 is 19.1 Å². The first-order valence-electron chi connectivity index (χ1n) is 11.1. The molecule has 0 aliphatic rings. The highest BCUT2D eigenvalue weighted by Crippen LogP contribution is 2.32. The van der Waals surface area contributed by atoms with E-state index in [1.165, 1.54) is 0 Å². The number of aryl methyl sites for hydroxylation is 1. The molecule has 0 radical (unpaired) electrons. The second-order valence-corrected chi connectivity index (χ2v) is 10.4. The molecule has 0 saturated heterocycles. The fourth-order valence-electron chi connectivity index (χ4n) is 3.89. The first-order valence-corrected chi connectivity index (χ1v) is 13.0. The van der Waals surface area contributed by atoms with Crippen molar-refractivity contribution in [3.8, 4) is 11.5 Å². The van der Waals surface area contributed by atoms with Gasteiger partial charge < -0.3 is 14.8 Å². The topological polar surface area (TPSA) is 84.9 Å². The summed E-state index contributed by atoms with van der Waals surface area (Å²) in [5, 5.41) is 2.98. The highest BCUT2D eigenvalue weighted by molar-refractivity contribution is 7.92. The van der Waals surface area contributed by atoms with Gasteiger partial charge in [-0.15, -0.1) is 0 Å². The van der Waals surface area contributed by atoms with Crippen LogP contribution in [0.2, 0.25) is 0 Å². The molecular formula is C25H36N2O5S. The molecule has 8 heteroatoms. The van der Waals surface area contributed by atoms with Crippen molar-refractivity contribution in [3.63, 3.8) is 0 Å². The van der Waals surface area contributed by atoms with Gasteiger partial charge in [-0.3, -0.25) is 9.10 Å². The van der Waals surface area contributed by atoms with Crippen LogP contribution in [0.5, 0.6) is 11.5 Å². The van der Waals surface area contributed by atoms with Gasteiger partial charge in [-0.2, -0.15) is 0 Å². The quantitative estimate of drug-likeness (QED) is 0.543. The molecule has 2 aromatic carbocycles. The lowest BCUT2D eigenvalue weighted by Crippen LogP contribution is -2.48. The summed E-state index contributed by atoms with van der Waals surface area (Å²) < 4.78 is 37.3. The minimum atomic E-state index is -3.71. The van der Waals surface area contributed by atoms with E-state index in [0.717, 1.165) is 33.0 Å². The molecule has 0 heterocycles. The van der Waals surface area contributed by atoms with Crippen LogP contribution in [0.15, 0.2) is 36.4 Å². The van der Waals surface area contributed by atoms with Crippen molar-refractivity contribution < 1.29 is 22.7 Å². The molecule has 0 aliphatic heterocycles. The highest BCUT2D eigenvalue weighted by Gasteiger charge is 2.30. The maximum absolute atomic E-state index is 13.1. The molecule has 33 heavy (non-hydrogen) atoms. The molecule has 0 aliphatic carbocycles. The van der Waals surface area contributed by atoms with E-state index < -0.39 is 16.1 Å². The summed E-state index contributed by atoms with van der Waals surface area (Å²) in [6, 6.07) is 9.43. The van der Waals surface area contributed by atoms with Crippen molar-refractivity contribution >= 4 is 21.6 Å². The molecule has 2 atom stereocenters. The Balaban J connectivity index is 2.31. The largest absolute Gasteiger partial charge is 0.496 e. The van der Waals surface area contributed by atoms with E-state index in [9.17, 15) is 13.2 Å². The van der Waals surface area contributed by atoms with Crippen molar-refractivity contribution in [1.82, 2.24) is 5.32 Å². The third-order valence-electron chi connectivity index (χ3n) is 5.56. The number of sulfonamides is 1. The molecule has 0 bridgehead atoms. The lowest BCUT2D eigenvalue weighted by Gasteiger charge is -2.30. The number of methoxy groups -OCH3 is 1. The molecule has 0 aromatic heterocycles. The van der Waals surface area contributed by atoms with Crippen molar-refractivity contribution in [3.05, 3.63) is 53.1 Å². The number of ether oxygens (including phenoxy) is 2. The summed E-state index contributed by atoms with van der Waals surface area (Å²) in [6.07, 6.45) is 1.10. The van der Waals surface area contributed by atoms with Gasteiger partial charge in [0, 0.05) is 0 Å². The Hall–Kier alpha value is -2.74. The predicted octanol–water partition coefficient (Wildman–Crippen LogP) is 4.56. The van der Waals surface area contributed by atoms with Crippen LogP contribution in [-0.4, -0.2) is 40.3 Å². The Labute approximate surface area is 198 Å². The van der Waals surface area contributed by atoms with E-state index in [4.69, 9.17) is 9.47 Å². The zero-order valence-corrected chi connectivity index (χ0v) is 21.6. The average molecular weight is 477 g/mol. The van der Waals surface area contributed by atoms with E-state index in [0.29, 0.717) is 18.0 Å². The highest BCUT2D eigenvalue weighted by atomic mass is 32.2. The lowest BCUT2D eigenvalue weighted by atomic mass is 9.93. The number of rotatable bonds is 10. The zero-order chi connectivity index (χ0) is 24.9. The second-order valence-electron chi connectivity index (χ2n) is 8.50. The molecule has 182 valence electrons. The van der Waals surface area contributed by atoms with Crippen LogP contribution in [0.25, 0.3) is 0 Å². The monoisotopic (exact) mass is 476 g/mol. The van der Waals surface area contributed by atoms with Crippen LogP contribution in [0.1, 0.15) is 63.3 Å². The van der Waals surface area contributed by atoms with E-state index >= 15 is 0 Å². The predicted molar refractivity (Wildman–Crippen MR) is 133 cm³/mol. The summed E-state index contributed by atoms with van der Waals surface area (Å²) in [7, 11) is -2.06. The molecule has 1 N–H and O–H groups in total. The molecule has 0 fully saturated rings. The van der Waals surface area contributed by atoms with Gasteiger partial charge >= 0.3 is 0 Å². The van der Waals surface area contributed by atoms with Crippen LogP contribution in [0.4, 0.5) is 5.69 Å². The maximum Gasteiger partial charge on any atom is 0.244 e. The van der Waals surface area contributed by atoms with Gasteiger partial charge in [0.15, 0.2) is 0 Å². The molecule has 2 rings (SSSR count). The van der Waals surface area contributed by atoms with Gasteiger partial charge in [-0.1, -0.05) is 13.8 Å². The van der Waals surface area contributed by atoms with E-state index in [1.54, 1.807) is 38.3 Å². The molecule has 0 unspecified atom stereocenters. The number of carbonyl (C=O) groups is 1. The Morgan fingerprint density at radius 1 is 1.06 bits per heavy atom. The summed E-state index contributed by atoms with van der Waals surface area (Å²) in [5.74, 6) is 1.32.